The molecule has 3 aromatic heterocycles. The molecule has 1 aliphatic heterocycles. The lowest BCUT2D eigenvalue weighted by molar-refractivity contribution is 0.0560. The summed E-state index contributed by atoms with van der Waals surface area (Å²) in [5, 5.41) is 6.97. The molecule has 0 radical (unpaired) electrons. The number of anilines is 2. The second-order valence-corrected chi connectivity index (χ2v) is 10.2. The van der Waals surface area contributed by atoms with Crippen LogP contribution in [0, 0.1) is 6.92 Å². The van der Waals surface area contributed by atoms with Crippen LogP contribution in [-0.4, -0.2) is 51.7 Å². The van der Waals surface area contributed by atoms with Crippen molar-refractivity contribution in [2.45, 2.75) is 52.2 Å². The van der Waals surface area contributed by atoms with E-state index in [9.17, 15) is 9.59 Å². The van der Waals surface area contributed by atoms with E-state index in [1.165, 1.54) is 0 Å². The molecule has 1 aliphatic rings. The molecule has 9 nitrogen and oxygen atoms in total. The molecule has 0 saturated carbocycles. The van der Waals surface area contributed by atoms with Crippen molar-refractivity contribution in [2.24, 2.45) is 0 Å². The number of aryl methyl sites for hydroxylation is 1. The Morgan fingerprint density at radius 2 is 2.09 bits per heavy atom. The van der Waals surface area contributed by atoms with Crippen LogP contribution in [0.5, 0.6) is 0 Å². The number of H-pyrrole nitrogens is 1. The smallest absolute Gasteiger partial charge is 0.415 e. The van der Waals surface area contributed by atoms with Crippen LogP contribution in [0.15, 0.2) is 35.2 Å². The van der Waals surface area contributed by atoms with Crippen molar-refractivity contribution in [2.75, 3.05) is 23.3 Å². The second-order valence-electron chi connectivity index (χ2n) is 9.32. The van der Waals surface area contributed by atoms with Crippen molar-refractivity contribution in [3.05, 3.63) is 46.5 Å². The van der Waals surface area contributed by atoms with E-state index < -0.39 is 11.7 Å². The van der Waals surface area contributed by atoms with E-state index in [0.29, 0.717) is 44.7 Å². The van der Waals surface area contributed by atoms with Crippen LogP contribution in [-0.2, 0) is 4.74 Å². The van der Waals surface area contributed by atoms with E-state index in [4.69, 9.17) is 4.74 Å². The summed E-state index contributed by atoms with van der Waals surface area (Å²) in [7, 11) is 0. The monoisotopic (exact) mass is 528 g/mol. The summed E-state index contributed by atoms with van der Waals surface area (Å²) in [6, 6.07) is 3.33. The first-order valence-electron chi connectivity index (χ1n) is 11.3. The quantitative estimate of drug-likeness (QED) is 0.449. The molecular weight excluding hydrogens is 500 g/mol. The van der Waals surface area contributed by atoms with Crippen molar-refractivity contribution in [1.29, 1.82) is 0 Å². The molecular formula is C24H29BrN6O3. The number of pyridine rings is 2. The standard InChI is InChI=1S/C24H29BrN6O3/c1-14-16(8-6-10-27-14)22(32)30-18-13-29-21-19(18)20(17(25)12-28-21)31(15-7-5-9-26-11-15)23(33)34-24(2,3)4/h6,8,10,12-13,15,26H,5,7,9,11H2,1-4H3,(H,28,29)(H,30,32)/t15-/m1/s1. The highest BCUT2D eigenvalue weighted by Gasteiger charge is 2.34. The Bertz CT molecular complexity index is 1210. The molecule has 34 heavy (non-hydrogen) atoms. The van der Waals surface area contributed by atoms with Crippen LogP contribution >= 0.6 is 15.9 Å². The van der Waals surface area contributed by atoms with Gasteiger partial charge in [-0.1, -0.05) is 0 Å². The lowest BCUT2D eigenvalue weighted by Gasteiger charge is -2.36. The fourth-order valence-electron chi connectivity index (χ4n) is 4.09. The summed E-state index contributed by atoms with van der Waals surface area (Å²) in [5.74, 6) is -0.291. The molecule has 180 valence electrons. The number of ether oxygens (including phenoxy) is 1. The molecule has 3 aromatic rings. The number of rotatable bonds is 4. The molecule has 1 saturated heterocycles. The summed E-state index contributed by atoms with van der Waals surface area (Å²) in [4.78, 5) is 40.0. The molecule has 0 bridgehead atoms. The van der Waals surface area contributed by atoms with Gasteiger partial charge in [0.25, 0.3) is 5.91 Å². The molecule has 4 rings (SSSR count). The first-order valence-corrected chi connectivity index (χ1v) is 12.1. The number of nitrogens with one attached hydrogen (secondary N) is 3. The first-order chi connectivity index (χ1) is 16.2. The van der Waals surface area contributed by atoms with Crippen molar-refractivity contribution in [1.82, 2.24) is 20.3 Å². The Morgan fingerprint density at radius 1 is 1.29 bits per heavy atom. The number of carbonyl (C=O) groups excluding carboxylic acids is 2. The molecule has 1 fully saturated rings. The Kier molecular flexibility index (Phi) is 6.90. The Balaban J connectivity index is 1.81. The van der Waals surface area contributed by atoms with E-state index in [1.807, 2.05) is 20.8 Å². The third-order valence-electron chi connectivity index (χ3n) is 5.60. The normalized spacial score (nSPS) is 16.3. The van der Waals surface area contributed by atoms with Gasteiger partial charge in [0.15, 0.2) is 0 Å². The zero-order chi connectivity index (χ0) is 24.5. The molecule has 0 unspecified atom stereocenters. The maximum atomic E-state index is 13.5. The van der Waals surface area contributed by atoms with Crippen LogP contribution in [0.25, 0.3) is 11.0 Å². The minimum absolute atomic E-state index is 0.121. The summed E-state index contributed by atoms with van der Waals surface area (Å²) in [6.07, 6.45) is 6.29. The Morgan fingerprint density at radius 3 is 2.76 bits per heavy atom. The largest absolute Gasteiger partial charge is 0.443 e. The van der Waals surface area contributed by atoms with Gasteiger partial charge in [-0.3, -0.25) is 14.7 Å². The fraction of sp³-hybridized carbons (Fsp3) is 0.417. The number of hydrogen-bond acceptors (Lipinski definition) is 6. The highest BCUT2D eigenvalue weighted by molar-refractivity contribution is 9.10. The number of carbonyl (C=O) groups is 2. The highest BCUT2D eigenvalue weighted by Crippen LogP contribution is 2.40. The zero-order valence-corrected chi connectivity index (χ0v) is 21.3. The lowest BCUT2D eigenvalue weighted by Crippen LogP contribution is -2.50. The number of halogens is 1. The summed E-state index contributed by atoms with van der Waals surface area (Å²) >= 11 is 3.61. The molecule has 3 N–H and O–H groups in total. The van der Waals surface area contributed by atoms with Gasteiger partial charge >= 0.3 is 6.09 Å². The van der Waals surface area contributed by atoms with Crippen LogP contribution in [0.1, 0.15) is 49.7 Å². The van der Waals surface area contributed by atoms with Crippen LogP contribution in [0.2, 0.25) is 0 Å². The molecule has 10 heteroatoms. The van der Waals surface area contributed by atoms with Crippen molar-refractivity contribution < 1.29 is 14.3 Å². The maximum absolute atomic E-state index is 13.5. The minimum Gasteiger partial charge on any atom is -0.443 e. The van der Waals surface area contributed by atoms with Gasteiger partial charge in [0.2, 0.25) is 0 Å². The van der Waals surface area contributed by atoms with Gasteiger partial charge in [-0.15, -0.1) is 0 Å². The fourth-order valence-corrected chi connectivity index (χ4v) is 4.58. The van der Waals surface area contributed by atoms with E-state index in [-0.39, 0.29) is 11.9 Å². The van der Waals surface area contributed by atoms with Crippen LogP contribution in [0.4, 0.5) is 16.2 Å². The average Bonchev–Trinajstić information content (AvgIpc) is 3.18. The van der Waals surface area contributed by atoms with Gasteiger partial charge in [0, 0.05) is 30.8 Å². The van der Waals surface area contributed by atoms with Gasteiger partial charge < -0.3 is 20.4 Å². The van der Waals surface area contributed by atoms with E-state index in [0.717, 1.165) is 19.4 Å². The average molecular weight is 529 g/mol. The number of aromatic amines is 1. The summed E-state index contributed by atoms with van der Waals surface area (Å²) in [5.41, 5.74) is 2.11. The molecule has 2 amide bonds. The topological polar surface area (TPSA) is 112 Å². The molecule has 0 aromatic carbocycles. The van der Waals surface area contributed by atoms with Gasteiger partial charge in [0.1, 0.15) is 11.2 Å². The molecule has 0 aliphatic carbocycles. The lowest BCUT2D eigenvalue weighted by atomic mass is 10.0. The van der Waals surface area contributed by atoms with Crippen LogP contribution < -0.4 is 15.5 Å². The van der Waals surface area contributed by atoms with Crippen molar-refractivity contribution in [3.63, 3.8) is 0 Å². The minimum atomic E-state index is -0.664. The number of amides is 2. The number of piperidine rings is 1. The van der Waals surface area contributed by atoms with Crippen LogP contribution in [0.3, 0.4) is 0 Å². The summed E-state index contributed by atoms with van der Waals surface area (Å²) < 4.78 is 6.43. The molecule has 1 atom stereocenters. The molecule has 4 heterocycles. The third kappa shape index (κ3) is 5.07. The number of aromatic nitrogens is 3. The summed E-state index contributed by atoms with van der Waals surface area (Å²) in [6.45, 7) is 8.86. The van der Waals surface area contributed by atoms with Gasteiger partial charge in [-0.2, -0.15) is 0 Å². The Labute approximate surface area is 206 Å². The maximum Gasteiger partial charge on any atom is 0.415 e. The third-order valence-corrected chi connectivity index (χ3v) is 6.18. The Hall–Kier alpha value is -2.98. The van der Waals surface area contributed by atoms with E-state index >= 15 is 0 Å². The second kappa shape index (κ2) is 9.71. The number of hydrogen-bond donors (Lipinski definition) is 3. The van der Waals surface area contributed by atoms with Gasteiger partial charge in [-0.25, -0.2) is 9.78 Å². The van der Waals surface area contributed by atoms with Gasteiger partial charge in [-0.05, 0) is 75.1 Å². The zero-order valence-electron chi connectivity index (χ0n) is 19.7. The van der Waals surface area contributed by atoms with E-state index in [1.54, 1.807) is 42.5 Å². The SMILES string of the molecule is Cc1ncccc1C(=O)Nc1c[nH]c2ncc(Br)c(N(C(=O)OC(C)(C)C)[C@@H]3CCCNC3)c12. The number of nitrogens with zero attached hydrogens (tertiary/aromatic N) is 3. The van der Waals surface area contributed by atoms with Crippen molar-refractivity contribution in [3.8, 4) is 0 Å². The number of fused-ring (bicyclic) bond motifs is 1. The van der Waals surface area contributed by atoms with Gasteiger partial charge in [0.05, 0.1) is 32.8 Å². The van der Waals surface area contributed by atoms with E-state index in [2.05, 4.69) is 41.5 Å². The molecule has 0 spiro atoms. The van der Waals surface area contributed by atoms with Crippen molar-refractivity contribution >= 4 is 50.3 Å². The first kappa shape index (κ1) is 24.2. The highest BCUT2D eigenvalue weighted by atomic mass is 79.9. The predicted octanol–water partition coefficient (Wildman–Crippen LogP) is 4.77. The predicted molar refractivity (Wildman–Crippen MR) is 135 cm³/mol.